The van der Waals surface area contributed by atoms with Crippen molar-refractivity contribution in [3.05, 3.63) is 58.6 Å². The van der Waals surface area contributed by atoms with Crippen molar-refractivity contribution in [2.24, 2.45) is 0 Å². The van der Waals surface area contributed by atoms with Crippen molar-refractivity contribution < 1.29 is 38.6 Å². The summed E-state index contributed by atoms with van der Waals surface area (Å²) in [5.41, 5.74) is 0.482. The summed E-state index contributed by atoms with van der Waals surface area (Å²) < 4.78 is 10.2. The summed E-state index contributed by atoms with van der Waals surface area (Å²) in [7, 11) is 1.21. The van der Waals surface area contributed by atoms with E-state index < -0.39 is 48.0 Å². The van der Waals surface area contributed by atoms with Crippen LogP contribution in [-0.4, -0.2) is 66.2 Å². The largest absolute Gasteiger partial charge is 0.481 e. The number of fused-ring (bicyclic) bond motifs is 2. The first kappa shape index (κ1) is 26.7. The number of rotatable bonds is 6. The molecular formula is C25H25ClN4O8. The van der Waals surface area contributed by atoms with Gasteiger partial charge >= 0.3 is 18.2 Å². The van der Waals surface area contributed by atoms with Gasteiger partial charge in [0.15, 0.2) is 5.60 Å². The number of carboxylic acids is 1. The average Bonchev–Trinajstić information content (AvgIpc) is 2.88. The summed E-state index contributed by atoms with van der Waals surface area (Å²) in [6, 6.07) is 9.31. The number of halogens is 1. The predicted octanol–water partition coefficient (Wildman–Crippen LogP) is 3.17. The summed E-state index contributed by atoms with van der Waals surface area (Å²) in [5.74, 6) is -2.58. The van der Waals surface area contributed by atoms with Gasteiger partial charge in [-0.05, 0) is 55.3 Å². The lowest BCUT2D eigenvalue weighted by Gasteiger charge is -2.45. The van der Waals surface area contributed by atoms with Gasteiger partial charge in [-0.15, -0.1) is 0 Å². The molecule has 1 fully saturated rings. The molecule has 13 heteroatoms. The summed E-state index contributed by atoms with van der Waals surface area (Å²) in [6.07, 6.45) is -1.11. The van der Waals surface area contributed by atoms with Gasteiger partial charge in [-0.25, -0.2) is 9.59 Å². The number of carbonyl (C=O) groups excluding carboxylic acids is 4. The first-order valence-electron chi connectivity index (χ1n) is 11.7. The van der Waals surface area contributed by atoms with Crippen LogP contribution in [0.2, 0.25) is 5.02 Å². The number of hydrogen-bond acceptors (Lipinski definition) is 7. The molecule has 2 aliphatic heterocycles. The number of likely N-dealkylation sites (tertiary alicyclic amines) is 1. The Hall–Kier alpha value is -4.32. The predicted molar refractivity (Wildman–Crippen MR) is 135 cm³/mol. The first-order valence-corrected chi connectivity index (χ1v) is 12.0. The van der Waals surface area contributed by atoms with E-state index in [1.807, 2.05) is 0 Å². The van der Waals surface area contributed by atoms with Crippen molar-refractivity contribution in [1.82, 2.24) is 10.2 Å². The first-order chi connectivity index (χ1) is 18.1. The minimum Gasteiger partial charge on any atom is -0.481 e. The maximum Gasteiger partial charge on any atom is 0.412 e. The minimum absolute atomic E-state index is 0.0352. The maximum absolute atomic E-state index is 13.5. The van der Waals surface area contributed by atoms with Crippen LogP contribution in [0.1, 0.15) is 35.2 Å². The van der Waals surface area contributed by atoms with Gasteiger partial charge in [0.1, 0.15) is 6.04 Å². The Balaban J connectivity index is 1.53. The minimum atomic E-state index is -1.38. The van der Waals surface area contributed by atoms with E-state index in [2.05, 4.69) is 20.7 Å². The number of methoxy groups -OCH3 is 1. The molecule has 0 aromatic heterocycles. The molecule has 2 aliphatic rings. The number of anilines is 2. The lowest BCUT2D eigenvalue weighted by molar-refractivity contribution is -0.146. The van der Waals surface area contributed by atoms with E-state index in [1.165, 1.54) is 36.3 Å². The number of nitrogens with one attached hydrogen (secondary N) is 3. The Labute approximate surface area is 222 Å². The van der Waals surface area contributed by atoms with Crippen LogP contribution in [0.25, 0.3) is 0 Å². The Morgan fingerprint density at radius 1 is 1.21 bits per heavy atom. The number of nitrogens with zero attached hydrogens (tertiary/aromatic N) is 1. The zero-order valence-corrected chi connectivity index (χ0v) is 21.0. The molecule has 2 aromatic rings. The van der Waals surface area contributed by atoms with E-state index in [9.17, 15) is 29.1 Å². The second-order valence-corrected chi connectivity index (χ2v) is 9.32. The fourth-order valence-electron chi connectivity index (χ4n) is 4.59. The Bertz CT molecular complexity index is 1280. The molecule has 200 valence electrons. The highest BCUT2D eigenvalue weighted by Gasteiger charge is 2.47. The molecule has 38 heavy (non-hydrogen) atoms. The monoisotopic (exact) mass is 544 g/mol. The molecule has 12 nitrogen and oxygen atoms in total. The third-order valence-electron chi connectivity index (χ3n) is 6.32. The Morgan fingerprint density at radius 3 is 2.63 bits per heavy atom. The number of carbonyl (C=O) groups is 5. The van der Waals surface area contributed by atoms with E-state index in [0.29, 0.717) is 34.8 Å². The number of carboxylic acid groups (broad SMARTS) is 1. The van der Waals surface area contributed by atoms with E-state index in [0.717, 1.165) is 0 Å². The molecular weight excluding hydrogens is 520 g/mol. The number of piperidine rings is 1. The summed E-state index contributed by atoms with van der Waals surface area (Å²) in [6.45, 7) is 0.244. The van der Waals surface area contributed by atoms with Crippen LogP contribution in [0.3, 0.4) is 0 Å². The van der Waals surface area contributed by atoms with Crippen LogP contribution in [-0.2, 0) is 24.7 Å². The molecule has 4 rings (SSSR count). The topological polar surface area (TPSA) is 163 Å². The van der Waals surface area contributed by atoms with E-state index in [1.54, 1.807) is 18.2 Å². The van der Waals surface area contributed by atoms with Crippen molar-refractivity contribution >= 4 is 52.9 Å². The number of aliphatic carboxylic acids is 1. The van der Waals surface area contributed by atoms with Crippen LogP contribution in [0.15, 0.2) is 42.5 Å². The smallest absolute Gasteiger partial charge is 0.412 e. The van der Waals surface area contributed by atoms with Crippen molar-refractivity contribution in [3.8, 4) is 0 Å². The van der Waals surface area contributed by atoms with Crippen molar-refractivity contribution in [2.45, 2.75) is 30.9 Å². The zero-order chi connectivity index (χ0) is 27.4. The number of hydrogen-bond donors (Lipinski definition) is 4. The highest BCUT2D eigenvalue weighted by atomic mass is 35.5. The Kier molecular flexibility index (Phi) is 7.72. The fourth-order valence-corrected chi connectivity index (χ4v) is 4.77. The summed E-state index contributed by atoms with van der Waals surface area (Å²) >= 11 is 6.19. The third kappa shape index (κ3) is 5.80. The molecule has 0 aliphatic carbocycles. The van der Waals surface area contributed by atoms with Gasteiger partial charge in [-0.2, -0.15) is 0 Å². The highest BCUT2D eigenvalue weighted by Crippen LogP contribution is 2.43. The van der Waals surface area contributed by atoms with Crippen LogP contribution in [0.5, 0.6) is 0 Å². The van der Waals surface area contributed by atoms with E-state index >= 15 is 0 Å². The van der Waals surface area contributed by atoms with Gasteiger partial charge in [0, 0.05) is 28.4 Å². The van der Waals surface area contributed by atoms with Gasteiger partial charge in [-0.1, -0.05) is 11.6 Å². The molecule has 2 atom stereocenters. The second-order valence-electron chi connectivity index (χ2n) is 8.88. The van der Waals surface area contributed by atoms with Crippen LogP contribution in [0.4, 0.5) is 21.0 Å². The standard InChI is InChI=1S/C25H25ClN4O8/c1-37-23(35)27-16-6-3-14(4-7-16)21(33)28-19(12-20(31)32)22(34)30-10-2-9-25(13-30)17-11-15(26)5-8-18(17)29-24(36)38-25/h3-8,11,19H,2,9-10,12-13H2,1H3,(H,27,35)(H,28,33)(H,29,36)(H,31,32)/t19-,25-/m0/s1. The van der Waals surface area contributed by atoms with E-state index in [-0.39, 0.29) is 18.7 Å². The van der Waals surface area contributed by atoms with E-state index in [4.69, 9.17) is 16.3 Å². The molecule has 0 unspecified atom stereocenters. The Morgan fingerprint density at radius 2 is 1.95 bits per heavy atom. The molecule has 2 aromatic carbocycles. The van der Waals surface area contributed by atoms with Gasteiger partial charge in [0.2, 0.25) is 5.91 Å². The molecule has 1 spiro atoms. The lowest BCUT2D eigenvalue weighted by atomic mass is 9.83. The quantitative estimate of drug-likeness (QED) is 0.431. The van der Waals surface area contributed by atoms with Crippen LogP contribution >= 0.6 is 11.6 Å². The lowest BCUT2D eigenvalue weighted by Crippen LogP contribution is -2.57. The molecule has 0 bridgehead atoms. The van der Waals surface area contributed by atoms with Gasteiger partial charge in [0.25, 0.3) is 5.91 Å². The number of benzene rings is 2. The molecule has 4 amide bonds. The molecule has 1 saturated heterocycles. The maximum atomic E-state index is 13.5. The number of ether oxygens (including phenoxy) is 2. The fraction of sp³-hybridized carbons (Fsp3) is 0.320. The van der Waals surface area contributed by atoms with Crippen molar-refractivity contribution in [2.75, 3.05) is 30.8 Å². The van der Waals surface area contributed by atoms with Crippen LogP contribution < -0.4 is 16.0 Å². The third-order valence-corrected chi connectivity index (χ3v) is 6.56. The summed E-state index contributed by atoms with van der Waals surface area (Å²) in [5, 5.41) is 17.4. The summed E-state index contributed by atoms with van der Waals surface area (Å²) in [4.78, 5) is 63.0. The highest BCUT2D eigenvalue weighted by molar-refractivity contribution is 6.30. The molecule has 0 saturated carbocycles. The van der Waals surface area contributed by atoms with Crippen molar-refractivity contribution in [3.63, 3.8) is 0 Å². The second kappa shape index (κ2) is 11.0. The molecule has 0 radical (unpaired) electrons. The normalized spacial score (nSPS) is 18.9. The molecule has 2 heterocycles. The number of amides is 4. The molecule has 4 N–H and O–H groups in total. The van der Waals surface area contributed by atoms with Crippen molar-refractivity contribution in [1.29, 1.82) is 0 Å². The van der Waals surface area contributed by atoms with Crippen LogP contribution in [0, 0.1) is 0 Å². The zero-order valence-electron chi connectivity index (χ0n) is 20.3. The average molecular weight is 545 g/mol. The van der Waals surface area contributed by atoms with Gasteiger partial charge in [0.05, 0.1) is 25.8 Å². The van der Waals surface area contributed by atoms with Gasteiger partial charge < -0.3 is 24.8 Å². The van der Waals surface area contributed by atoms with Gasteiger partial charge in [-0.3, -0.25) is 25.0 Å². The SMILES string of the molecule is COC(=O)Nc1ccc(C(=O)N[C@@H](CC(=O)O)C(=O)N2CCC[C@@]3(C2)OC(=O)Nc2ccc(Cl)cc23)cc1.